The minimum absolute atomic E-state index is 0.0960. The van der Waals surface area contributed by atoms with Crippen molar-refractivity contribution in [2.75, 3.05) is 20.7 Å². The van der Waals surface area contributed by atoms with E-state index in [1.807, 2.05) is 30.3 Å². The maximum absolute atomic E-state index is 12.6. The van der Waals surface area contributed by atoms with E-state index in [1.165, 1.54) is 20.2 Å². The van der Waals surface area contributed by atoms with Crippen LogP contribution in [0.1, 0.15) is 23.8 Å². The zero-order valence-electron chi connectivity index (χ0n) is 15.9. The third-order valence-corrected chi connectivity index (χ3v) is 6.40. The summed E-state index contributed by atoms with van der Waals surface area (Å²) in [6.07, 6.45) is -0.809. The van der Waals surface area contributed by atoms with Crippen molar-refractivity contribution in [2.24, 2.45) is 0 Å². The van der Waals surface area contributed by atoms with E-state index >= 15 is 0 Å². The van der Waals surface area contributed by atoms with Gasteiger partial charge in [0.25, 0.3) is 0 Å². The number of hydrogen-bond donors (Lipinski definition) is 1. The molecule has 2 aromatic carbocycles. The van der Waals surface area contributed by atoms with Gasteiger partial charge in [-0.15, -0.1) is 0 Å². The largest absolute Gasteiger partial charge is 0.350 e. The number of nitrogens with one attached hydrogen (secondary N) is 1. The number of benzene rings is 2. The van der Waals surface area contributed by atoms with Crippen LogP contribution in [0.3, 0.4) is 0 Å². The third-order valence-electron chi connectivity index (χ3n) is 4.49. The van der Waals surface area contributed by atoms with Crippen molar-refractivity contribution in [3.05, 3.63) is 65.7 Å². The fourth-order valence-electron chi connectivity index (χ4n) is 2.91. The number of nitrogens with zero attached hydrogens (tertiary/aromatic N) is 1. The lowest BCUT2D eigenvalue weighted by Crippen LogP contribution is -2.40. The molecule has 1 aliphatic rings. The molecule has 0 bridgehead atoms. The summed E-state index contributed by atoms with van der Waals surface area (Å²) in [5.74, 6) is -0.290. The lowest BCUT2D eigenvalue weighted by molar-refractivity contribution is -0.216. The second-order valence-electron chi connectivity index (χ2n) is 6.64. The molecule has 28 heavy (non-hydrogen) atoms. The summed E-state index contributed by atoms with van der Waals surface area (Å²) in [5.41, 5.74) is 1.37. The molecule has 0 unspecified atom stereocenters. The highest BCUT2D eigenvalue weighted by Gasteiger charge is 2.29. The molecule has 150 valence electrons. The summed E-state index contributed by atoms with van der Waals surface area (Å²) in [5, 5.41) is 2.79. The van der Waals surface area contributed by atoms with Gasteiger partial charge in [0.2, 0.25) is 15.9 Å². The van der Waals surface area contributed by atoms with Crippen molar-refractivity contribution in [1.82, 2.24) is 9.62 Å². The zero-order valence-corrected chi connectivity index (χ0v) is 16.7. The van der Waals surface area contributed by atoms with Crippen LogP contribution in [0.25, 0.3) is 0 Å². The van der Waals surface area contributed by atoms with E-state index in [4.69, 9.17) is 9.47 Å². The van der Waals surface area contributed by atoms with Crippen LogP contribution in [0.15, 0.2) is 59.5 Å². The molecular formula is C20H24N2O5S. The van der Waals surface area contributed by atoms with Crippen molar-refractivity contribution in [3.8, 4) is 0 Å². The molecule has 2 aromatic rings. The topological polar surface area (TPSA) is 84.9 Å². The Morgan fingerprint density at radius 1 is 1.11 bits per heavy atom. The number of sulfonamides is 1. The molecule has 0 aromatic heterocycles. The van der Waals surface area contributed by atoms with Crippen LogP contribution in [0.4, 0.5) is 0 Å². The van der Waals surface area contributed by atoms with Crippen LogP contribution in [0.2, 0.25) is 0 Å². The maximum Gasteiger partial charge on any atom is 0.249 e. The van der Waals surface area contributed by atoms with Crippen molar-refractivity contribution in [2.45, 2.75) is 30.3 Å². The fourth-order valence-corrected chi connectivity index (χ4v) is 4.03. The van der Waals surface area contributed by atoms with E-state index in [0.717, 1.165) is 9.87 Å². The summed E-state index contributed by atoms with van der Waals surface area (Å²) in [6.45, 7) is 0.502. The summed E-state index contributed by atoms with van der Waals surface area (Å²) in [6, 6.07) is 16.1. The van der Waals surface area contributed by atoms with E-state index in [2.05, 4.69) is 5.32 Å². The summed E-state index contributed by atoms with van der Waals surface area (Å²) in [7, 11) is -0.641. The predicted octanol–water partition coefficient (Wildman–Crippen LogP) is 2.06. The van der Waals surface area contributed by atoms with Crippen molar-refractivity contribution < 1.29 is 22.7 Å². The van der Waals surface area contributed by atoms with Crippen molar-refractivity contribution in [1.29, 1.82) is 0 Å². The molecule has 8 heteroatoms. The molecule has 0 spiro atoms. The first-order chi connectivity index (χ1) is 13.4. The second-order valence-corrected chi connectivity index (χ2v) is 8.76. The Hall–Kier alpha value is -2.26. The Kier molecular flexibility index (Phi) is 6.46. The highest BCUT2D eigenvalue weighted by Crippen LogP contribution is 2.26. The number of ether oxygens (including phenoxy) is 2. The Balaban J connectivity index is 1.66. The van der Waals surface area contributed by atoms with Gasteiger partial charge in [-0.1, -0.05) is 48.5 Å². The van der Waals surface area contributed by atoms with Crippen LogP contribution in [0.5, 0.6) is 0 Å². The molecule has 1 N–H and O–H groups in total. The molecule has 0 aliphatic carbocycles. The monoisotopic (exact) mass is 404 g/mol. The van der Waals surface area contributed by atoms with Crippen LogP contribution >= 0.6 is 0 Å². The van der Waals surface area contributed by atoms with Crippen LogP contribution in [-0.2, 0) is 30.8 Å². The van der Waals surface area contributed by atoms with E-state index in [0.29, 0.717) is 18.6 Å². The van der Waals surface area contributed by atoms with Crippen molar-refractivity contribution in [3.63, 3.8) is 0 Å². The predicted molar refractivity (Wildman–Crippen MR) is 104 cm³/mol. The highest BCUT2D eigenvalue weighted by molar-refractivity contribution is 7.89. The Morgan fingerprint density at radius 2 is 1.79 bits per heavy atom. The molecule has 0 saturated carbocycles. The number of carbonyl (C=O) groups excluding carboxylic acids is 1. The van der Waals surface area contributed by atoms with Gasteiger partial charge in [-0.3, -0.25) is 4.79 Å². The fraction of sp³-hybridized carbons (Fsp3) is 0.350. The first-order valence-electron chi connectivity index (χ1n) is 9.00. The molecule has 1 amide bonds. The lowest BCUT2D eigenvalue weighted by atomic mass is 10.1. The van der Waals surface area contributed by atoms with Gasteiger partial charge >= 0.3 is 0 Å². The quantitative estimate of drug-likeness (QED) is 0.797. The van der Waals surface area contributed by atoms with Gasteiger partial charge in [0.05, 0.1) is 11.5 Å². The molecular weight excluding hydrogens is 380 g/mol. The molecule has 1 heterocycles. The first-order valence-corrected chi connectivity index (χ1v) is 10.4. The van der Waals surface area contributed by atoms with Gasteiger partial charge in [0.1, 0.15) is 6.10 Å². The molecule has 3 rings (SSSR count). The van der Waals surface area contributed by atoms with Gasteiger partial charge in [0.15, 0.2) is 6.29 Å². The van der Waals surface area contributed by atoms with Crippen LogP contribution < -0.4 is 5.32 Å². The average Bonchev–Trinajstić information content (AvgIpc) is 2.72. The van der Waals surface area contributed by atoms with Crippen molar-refractivity contribution >= 4 is 15.9 Å². The Bertz CT molecular complexity index is 915. The molecule has 7 nitrogen and oxygen atoms in total. The van der Waals surface area contributed by atoms with Gasteiger partial charge < -0.3 is 14.8 Å². The normalized spacial score (nSPS) is 20.1. The van der Waals surface area contributed by atoms with Gasteiger partial charge in [-0.25, -0.2) is 12.7 Å². The number of carbonyl (C=O) groups is 1. The summed E-state index contributed by atoms with van der Waals surface area (Å²) >= 11 is 0. The summed E-state index contributed by atoms with van der Waals surface area (Å²) in [4.78, 5) is 12.8. The van der Waals surface area contributed by atoms with Gasteiger partial charge in [0, 0.05) is 32.6 Å². The van der Waals surface area contributed by atoms with Crippen LogP contribution in [-0.4, -0.2) is 45.4 Å². The SMILES string of the molecule is CN(C)S(=O)(=O)c1ccccc1CNC(=O)[C@H]1CCO[C@H](c2ccccc2)O1. The van der Waals surface area contributed by atoms with E-state index in [9.17, 15) is 13.2 Å². The third kappa shape index (κ3) is 4.59. The van der Waals surface area contributed by atoms with E-state index in [-0.39, 0.29) is 17.3 Å². The first kappa shape index (κ1) is 20.5. The summed E-state index contributed by atoms with van der Waals surface area (Å²) < 4.78 is 37.5. The van der Waals surface area contributed by atoms with Gasteiger partial charge in [-0.2, -0.15) is 0 Å². The van der Waals surface area contributed by atoms with Gasteiger partial charge in [-0.05, 0) is 11.6 Å². The highest BCUT2D eigenvalue weighted by atomic mass is 32.2. The molecule has 1 saturated heterocycles. The van der Waals surface area contributed by atoms with E-state index in [1.54, 1.807) is 18.2 Å². The average molecular weight is 404 g/mol. The minimum atomic E-state index is -3.59. The minimum Gasteiger partial charge on any atom is -0.350 e. The van der Waals surface area contributed by atoms with Crippen LogP contribution in [0, 0.1) is 0 Å². The second kappa shape index (κ2) is 8.83. The standard InChI is InChI=1S/C20H24N2O5S/c1-22(2)28(24,25)18-11-7-6-10-16(18)14-21-19(23)17-12-13-26-20(27-17)15-8-4-3-5-9-15/h3-11,17,20H,12-14H2,1-2H3,(H,21,23)/t17-,20+/m1/s1. The van der Waals surface area contributed by atoms with E-state index < -0.39 is 22.4 Å². The molecule has 2 atom stereocenters. The smallest absolute Gasteiger partial charge is 0.249 e. The molecule has 0 radical (unpaired) electrons. The zero-order chi connectivity index (χ0) is 20.1. The Morgan fingerprint density at radius 3 is 2.50 bits per heavy atom. The molecule has 1 aliphatic heterocycles. The Labute approximate surface area is 165 Å². The number of hydrogen-bond acceptors (Lipinski definition) is 5. The lowest BCUT2D eigenvalue weighted by Gasteiger charge is -2.29. The maximum atomic E-state index is 12.6. The molecule has 1 fully saturated rings. The number of rotatable bonds is 6. The number of amides is 1.